The highest BCUT2D eigenvalue weighted by Crippen LogP contribution is 2.65. The first kappa shape index (κ1) is 36.5. The molecule has 2 aromatic carbocycles. The summed E-state index contributed by atoms with van der Waals surface area (Å²) in [5.41, 5.74) is 0.951. The van der Waals surface area contributed by atoms with E-state index in [1.54, 1.807) is 24.3 Å². The van der Waals surface area contributed by atoms with Crippen molar-refractivity contribution in [1.82, 2.24) is 25.8 Å². The van der Waals surface area contributed by atoms with Crippen molar-refractivity contribution >= 4 is 52.1 Å². The van der Waals surface area contributed by atoms with Gasteiger partial charge in [-0.15, -0.1) is 0 Å². The summed E-state index contributed by atoms with van der Waals surface area (Å²) in [6.07, 6.45) is 0.734. The molecule has 274 valence electrons. The van der Waals surface area contributed by atoms with E-state index in [2.05, 4.69) is 20.9 Å². The number of fused-ring (bicyclic) bond motifs is 2. The number of piperidine rings is 1. The third kappa shape index (κ3) is 7.49. The maximum absolute atomic E-state index is 14.3. The van der Waals surface area contributed by atoms with Crippen LogP contribution in [0.2, 0.25) is 0 Å². The van der Waals surface area contributed by atoms with Crippen LogP contribution in [0.1, 0.15) is 67.8 Å². The molecule has 3 fully saturated rings. The summed E-state index contributed by atoms with van der Waals surface area (Å²) in [5, 5.41) is 9.29. The van der Waals surface area contributed by atoms with Crippen molar-refractivity contribution in [3.05, 3.63) is 71.9 Å². The number of likely N-dealkylation sites (tertiary alicyclic amines) is 1. The lowest BCUT2D eigenvalue weighted by molar-refractivity contribution is -0.146. The highest BCUT2D eigenvalue weighted by Gasteiger charge is 2.69. The highest BCUT2D eigenvalue weighted by atomic mass is 16.5. The van der Waals surface area contributed by atoms with E-state index in [0.717, 1.165) is 10.9 Å². The minimum absolute atomic E-state index is 0.0241. The number of hydrogen-bond acceptors (Lipinski definition) is 8. The van der Waals surface area contributed by atoms with Crippen molar-refractivity contribution < 1.29 is 38.3 Å². The van der Waals surface area contributed by atoms with Crippen LogP contribution in [0, 0.1) is 29.1 Å². The fourth-order valence-corrected chi connectivity index (χ4v) is 7.83. The third-order valence-electron chi connectivity index (χ3n) is 10.8. The number of nitrogens with zero attached hydrogens (tertiary/aromatic N) is 1. The van der Waals surface area contributed by atoms with Gasteiger partial charge in [0.2, 0.25) is 17.7 Å². The van der Waals surface area contributed by atoms with E-state index in [1.165, 1.54) is 17.0 Å². The van der Waals surface area contributed by atoms with E-state index in [9.17, 15) is 33.6 Å². The molecule has 0 unspecified atom stereocenters. The number of esters is 1. The van der Waals surface area contributed by atoms with Crippen molar-refractivity contribution in [2.45, 2.75) is 65.1 Å². The molecule has 1 saturated carbocycles. The van der Waals surface area contributed by atoms with Crippen molar-refractivity contribution in [3.8, 4) is 0 Å². The van der Waals surface area contributed by atoms with E-state index in [4.69, 9.17) is 4.74 Å². The number of rotatable bonds is 14. The Labute approximate surface area is 301 Å². The molecule has 4 amide bonds. The monoisotopic (exact) mass is 711 g/mol. The van der Waals surface area contributed by atoms with Gasteiger partial charge >= 0.3 is 5.97 Å². The first-order valence-electron chi connectivity index (χ1n) is 17.8. The van der Waals surface area contributed by atoms with Crippen molar-refractivity contribution in [1.29, 1.82) is 0 Å². The summed E-state index contributed by atoms with van der Waals surface area (Å²) < 4.78 is 5.09. The molecule has 2 aliphatic heterocycles. The van der Waals surface area contributed by atoms with Crippen LogP contribution in [-0.4, -0.2) is 88.9 Å². The Morgan fingerprint density at radius 1 is 0.962 bits per heavy atom. The normalized spacial score (nSPS) is 22.6. The van der Waals surface area contributed by atoms with Gasteiger partial charge in [-0.3, -0.25) is 28.8 Å². The lowest BCUT2D eigenvalue weighted by atomic mass is 9.94. The van der Waals surface area contributed by atoms with E-state index in [-0.39, 0.29) is 41.1 Å². The zero-order chi connectivity index (χ0) is 37.3. The lowest BCUT2D eigenvalue weighted by Crippen LogP contribution is -2.58. The Bertz CT molecular complexity index is 1870. The van der Waals surface area contributed by atoms with Gasteiger partial charge in [0, 0.05) is 35.5 Å². The van der Waals surface area contributed by atoms with Gasteiger partial charge in [-0.2, -0.15) is 0 Å². The zero-order valence-corrected chi connectivity index (χ0v) is 29.8. The average Bonchev–Trinajstić information content (AvgIpc) is 3.64. The molecule has 13 heteroatoms. The number of H-pyrrole nitrogens is 1. The second-order valence-corrected chi connectivity index (χ2v) is 15.1. The molecule has 3 aliphatic rings. The molecule has 13 nitrogen and oxygen atoms in total. The van der Waals surface area contributed by atoms with Crippen molar-refractivity contribution in [2.75, 3.05) is 19.7 Å². The Kier molecular flexibility index (Phi) is 10.3. The topological polar surface area (TPSA) is 184 Å². The van der Waals surface area contributed by atoms with Crippen LogP contribution in [-0.2, 0) is 28.7 Å². The second kappa shape index (κ2) is 14.7. The molecule has 4 N–H and O–H groups in total. The molecule has 1 aromatic heterocycles. The van der Waals surface area contributed by atoms with Gasteiger partial charge in [0.15, 0.2) is 12.4 Å². The van der Waals surface area contributed by atoms with Crippen LogP contribution in [0.3, 0.4) is 0 Å². The number of ketones is 2. The van der Waals surface area contributed by atoms with Gasteiger partial charge in [0.25, 0.3) is 11.7 Å². The highest BCUT2D eigenvalue weighted by molar-refractivity contribution is 6.40. The van der Waals surface area contributed by atoms with Crippen LogP contribution in [0.25, 0.3) is 10.9 Å². The predicted molar refractivity (Wildman–Crippen MR) is 190 cm³/mol. The van der Waals surface area contributed by atoms with Gasteiger partial charge in [-0.1, -0.05) is 76.2 Å². The molecule has 0 bridgehead atoms. The van der Waals surface area contributed by atoms with E-state index < -0.39 is 65.9 Å². The molecular formula is C39H45N5O8. The second-order valence-electron chi connectivity index (χ2n) is 15.1. The largest absolute Gasteiger partial charge is 0.452 e. The van der Waals surface area contributed by atoms with Crippen LogP contribution in [0.4, 0.5) is 0 Å². The first-order valence-corrected chi connectivity index (χ1v) is 17.8. The summed E-state index contributed by atoms with van der Waals surface area (Å²) in [6, 6.07) is 13.9. The molecule has 2 saturated heterocycles. The number of benzene rings is 2. The molecule has 1 aliphatic carbocycles. The number of aromatic nitrogens is 1. The molecule has 0 spiro atoms. The summed E-state index contributed by atoms with van der Waals surface area (Å²) in [4.78, 5) is 97.8. The Hall–Kier alpha value is -5.33. The molecule has 3 heterocycles. The van der Waals surface area contributed by atoms with Gasteiger partial charge in [-0.25, -0.2) is 4.79 Å². The van der Waals surface area contributed by atoms with Crippen LogP contribution in [0.15, 0.2) is 60.7 Å². The smallest absolute Gasteiger partial charge is 0.380 e. The molecular weight excluding hydrogens is 666 g/mol. The maximum Gasteiger partial charge on any atom is 0.380 e. The van der Waals surface area contributed by atoms with E-state index in [0.29, 0.717) is 31.6 Å². The van der Waals surface area contributed by atoms with Crippen LogP contribution < -0.4 is 16.0 Å². The quantitative estimate of drug-likeness (QED) is 0.112. The molecule has 0 radical (unpaired) electrons. The van der Waals surface area contributed by atoms with Gasteiger partial charge in [0.05, 0.1) is 6.04 Å². The number of aromatic amines is 1. The predicted octanol–water partition coefficient (Wildman–Crippen LogP) is 2.80. The fourth-order valence-electron chi connectivity index (χ4n) is 7.83. The first-order chi connectivity index (χ1) is 24.8. The third-order valence-corrected chi connectivity index (χ3v) is 10.8. The number of nitrogens with one attached hydrogen (secondary N) is 4. The van der Waals surface area contributed by atoms with Gasteiger partial charge < -0.3 is 30.6 Å². The molecule has 52 heavy (non-hydrogen) atoms. The molecule has 6 atom stereocenters. The Morgan fingerprint density at radius 3 is 2.35 bits per heavy atom. The summed E-state index contributed by atoms with van der Waals surface area (Å²) in [6.45, 7) is 7.87. The fraction of sp³-hybridized carbons (Fsp3) is 0.462. The molecule has 3 aromatic rings. The minimum atomic E-state index is -1.23. The number of carbonyl (C=O) groups excluding carboxylic acids is 7. The molecule has 6 rings (SSSR count). The standard InChI is InChI=1S/C39H45N5O8/c1-21(2)16-29(43-35(48)28-17-23-12-8-9-13-26(23)41-28)37(50)44-19-25-31(39(25,3)4)32(44)36(49)42-27(18-24-14-15-40-34(24)47)30(45)20-52-38(51)33(46)22-10-6-5-7-11-22/h5-13,17,21,24-25,27,29,31-32,41H,14-16,18-20H2,1-4H3,(H,40,47)(H,42,49)(H,43,48)/t24-,25-,27-,29-,31-,32-/m0/s1. The van der Waals surface area contributed by atoms with Crippen LogP contribution in [0.5, 0.6) is 0 Å². The van der Waals surface area contributed by atoms with Crippen molar-refractivity contribution in [3.63, 3.8) is 0 Å². The number of para-hydroxylation sites is 1. The van der Waals surface area contributed by atoms with Crippen LogP contribution >= 0.6 is 0 Å². The van der Waals surface area contributed by atoms with E-state index >= 15 is 0 Å². The summed E-state index contributed by atoms with van der Waals surface area (Å²) >= 11 is 0. The SMILES string of the molecule is CC(C)C[C@H](NC(=O)c1cc2ccccc2[nH]1)C(=O)N1C[C@H]2[C@@H]([C@H]1C(=O)N[C@@H](C[C@@H]1CCNC1=O)C(=O)COC(=O)C(=O)c1ccccc1)C2(C)C. The number of Topliss-reactive ketones (excluding diaryl/α,β-unsaturated/α-hetero) is 2. The van der Waals surface area contributed by atoms with E-state index in [1.807, 2.05) is 52.0 Å². The Morgan fingerprint density at radius 2 is 1.67 bits per heavy atom. The zero-order valence-electron chi connectivity index (χ0n) is 29.8. The minimum Gasteiger partial charge on any atom is -0.452 e. The number of ether oxygens (including phenoxy) is 1. The Balaban J connectivity index is 1.19. The van der Waals surface area contributed by atoms with Crippen molar-refractivity contribution in [2.24, 2.45) is 29.1 Å². The number of carbonyl (C=O) groups is 7. The lowest BCUT2D eigenvalue weighted by Gasteiger charge is -2.34. The summed E-state index contributed by atoms with van der Waals surface area (Å²) in [7, 11) is 0. The van der Waals surface area contributed by atoms with Gasteiger partial charge in [-0.05, 0) is 54.6 Å². The summed E-state index contributed by atoms with van der Waals surface area (Å²) in [5.74, 6) is -5.20. The number of hydrogen-bond donors (Lipinski definition) is 4. The maximum atomic E-state index is 14.3. The average molecular weight is 712 g/mol. The number of amides is 4. The van der Waals surface area contributed by atoms with Gasteiger partial charge in [0.1, 0.15) is 17.8 Å².